The van der Waals surface area contributed by atoms with Gasteiger partial charge in [-0.25, -0.2) is 0 Å². The SMILES string of the molecule is O=C(O)CN1CCNCc2cccc(c2)CNCC1. The molecule has 0 saturated carbocycles. The standard InChI is InChI=1S/C14H21N3O2/c18-14(19)11-17-6-4-15-9-12-2-1-3-13(8-12)10-16-5-7-17/h1-3,8,15-16H,4-7,9-11H2,(H,18,19). The van der Waals surface area contributed by atoms with Crippen molar-refractivity contribution in [2.45, 2.75) is 13.1 Å². The van der Waals surface area contributed by atoms with Crippen molar-refractivity contribution in [2.75, 3.05) is 32.7 Å². The van der Waals surface area contributed by atoms with Crippen LogP contribution in [-0.4, -0.2) is 48.7 Å². The average molecular weight is 263 g/mol. The van der Waals surface area contributed by atoms with Crippen LogP contribution in [0.1, 0.15) is 11.1 Å². The average Bonchev–Trinajstić information content (AvgIpc) is 2.38. The van der Waals surface area contributed by atoms with E-state index in [2.05, 4.69) is 34.9 Å². The van der Waals surface area contributed by atoms with Gasteiger partial charge in [0.2, 0.25) is 0 Å². The smallest absolute Gasteiger partial charge is 0.317 e. The molecule has 0 radical (unpaired) electrons. The van der Waals surface area contributed by atoms with Crippen molar-refractivity contribution >= 4 is 5.97 Å². The van der Waals surface area contributed by atoms with Crippen LogP contribution in [-0.2, 0) is 17.9 Å². The van der Waals surface area contributed by atoms with Crippen molar-refractivity contribution in [2.24, 2.45) is 0 Å². The monoisotopic (exact) mass is 263 g/mol. The first-order valence-corrected chi connectivity index (χ1v) is 6.67. The summed E-state index contributed by atoms with van der Waals surface area (Å²) in [5.41, 5.74) is 2.54. The Kier molecular flexibility index (Phi) is 5.32. The molecule has 1 heterocycles. The summed E-state index contributed by atoms with van der Waals surface area (Å²) >= 11 is 0. The molecule has 1 aliphatic heterocycles. The summed E-state index contributed by atoms with van der Waals surface area (Å²) in [4.78, 5) is 12.7. The fraction of sp³-hybridized carbons (Fsp3) is 0.500. The molecule has 0 saturated heterocycles. The molecule has 1 aromatic rings. The van der Waals surface area contributed by atoms with E-state index in [0.29, 0.717) is 0 Å². The summed E-state index contributed by atoms with van der Waals surface area (Å²) in [5, 5.41) is 15.6. The summed E-state index contributed by atoms with van der Waals surface area (Å²) < 4.78 is 0. The van der Waals surface area contributed by atoms with Gasteiger partial charge in [-0.05, 0) is 11.1 Å². The van der Waals surface area contributed by atoms with E-state index < -0.39 is 5.97 Å². The minimum atomic E-state index is -0.766. The van der Waals surface area contributed by atoms with Gasteiger partial charge in [-0.1, -0.05) is 24.3 Å². The van der Waals surface area contributed by atoms with Gasteiger partial charge in [0.1, 0.15) is 0 Å². The molecular formula is C14H21N3O2. The lowest BCUT2D eigenvalue weighted by atomic mass is 10.1. The van der Waals surface area contributed by atoms with Gasteiger partial charge in [0.15, 0.2) is 0 Å². The fourth-order valence-electron chi connectivity index (χ4n) is 2.25. The van der Waals surface area contributed by atoms with Crippen molar-refractivity contribution in [3.05, 3.63) is 35.4 Å². The molecule has 1 aromatic carbocycles. The molecule has 1 aliphatic rings. The van der Waals surface area contributed by atoms with Crippen LogP contribution in [0.5, 0.6) is 0 Å². The zero-order chi connectivity index (χ0) is 13.5. The summed E-state index contributed by atoms with van der Waals surface area (Å²) in [6, 6.07) is 8.50. The quantitative estimate of drug-likeness (QED) is 0.714. The van der Waals surface area contributed by atoms with Gasteiger partial charge < -0.3 is 15.7 Å². The van der Waals surface area contributed by atoms with E-state index in [4.69, 9.17) is 5.11 Å². The van der Waals surface area contributed by atoms with Crippen LogP contribution in [0, 0.1) is 0 Å². The number of aliphatic carboxylic acids is 1. The second kappa shape index (κ2) is 7.23. The normalized spacial score (nSPS) is 18.3. The Morgan fingerprint density at radius 3 is 2.26 bits per heavy atom. The topological polar surface area (TPSA) is 64.6 Å². The highest BCUT2D eigenvalue weighted by molar-refractivity contribution is 5.69. The Morgan fingerprint density at radius 1 is 1.16 bits per heavy atom. The number of nitrogens with zero attached hydrogens (tertiary/aromatic N) is 1. The number of carbonyl (C=O) groups is 1. The molecule has 19 heavy (non-hydrogen) atoms. The Bertz CT molecular complexity index is 396. The van der Waals surface area contributed by atoms with Crippen molar-refractivity contribution in [1.29, 1.82) is 0 Å². The highest BCUT2D eigenvalue weighted by Gasteiger charge is 2.09. The van der Waals surface area contributed by atoms with E-state index in [0.717, 1.165) is 39.3 Å². The predicted octanol–water partition coefficient (Wildman–Crippen LogP) is 0.266. The Balaban J connectivity index is 1.94. The third-order valence-corrected chi connectivity index (χ3v) is 3.22. The number of fused-ring (bicyclic) bond motifs is 2. The summed E-state index contributed by atoms with van der Waals surface area (Å²) in [6.45, 7) is 4.88. The molecule has 0 spiro atoms. The molecular weight excluding hydrogens is 242 g/mol. The van der Waals surface area contributed by atoms with Crippen molar-refractivity contribution < 1.29 is 9.90 Å². The minimum absolute atomic E-state index is 0.106. The first kappa shape index (κ1) is 14.0. The Labute approximate surface area is 113 Å². The van der Waals surface area contributed by atoms with Crippen LogP contribution in [0.4, 0.5) is 0 Å². The van der Waals surface area contributed by atoms with Gasteiger partial charge in [0, 0.05) is 39.3 Å². The molecule has 5 heteroatoms. The lowest BCUT2D eigenvalue weighted by Gasteiger charge is -2.21. The molecule has 104 valence electrons. The first-order valence-electron chi connectivity index (χ1n) is 6.67. The molecule has 0 atom stereocenters. The van der Waals surface area contributed by atoms with Gasteiger partial charge in [0.25, 0.3) is 0 Å². The zero-order valence-electron chi connectivity index (χ0n) is 11.1. The Hall–Kier alpha value is -1.43. The number of benzene rings is 1. The summed E-state index contributed by atoms with van der Waals surface area (Å²) in [7, 11) is 0. The number of nitrogens with one attached hydrogen (secondary N) is 2. The molecule has 0 unspecified atom stereocenters. The summed E-state index contributed by atoms with van der Waals surface area (Å²) in [5.74, 6) is -0.766. The Morgan fingerprint density at radius 2 is 1.74 bits per heavy atom. The van der Waals surface area contributed by atoms with Gasteiger partial charge in [-0.3, -0.25) is 9.69 Å². The second-order valence-corrected chi connectivity index (χ2v) is 4.84. The number of hydrogen-bond acceptors (Lipinski definition) is 4. The third kappa shape index (κ3) is 4.98. The van der Waals surface area contributed by atoms with Crippen LogP contribution < -0.4 is 10.6 Å². The second-order valence-electron chi connectivity index (χ2n) is 4.84. The van der Waals surface area contributed by atoms with E-state index >= 15 is 0 Å². The van der Waals surface area contributed by atoms with E-state index in [-0.39, 0.29) is 6.54 Å². The highest BCUT2D eigenvalue weighted by Crippen LogP contribution is 2.05. The summed E-state index contributed by atoms with van der Waals surface area (Å²) in [6.07, 6.45) is 0. The van der Waals surface area contributed by atoms with E-state index in [1.165, 1.54) is 11.1 Å². The first-order chi connectivity index (χ1) is 9.24. The molecule has 0 fully saturated rings. The molecule has 5 nitrogen and oxygen atoms in total. The number of carboxylic acid groups (broad SMARTS) is 1. The molecule has 3 N–H and O–H groups in total. The van der Waals surface area contributed by atoms with Crippen LogP contribution in [0.15, 0.2) is 24.3 Å². The van der Waals surface area contributed by atoms with Gasteiger partial charge in [-0.2, -0.15) is 0 Å². The molecule has 2 rings (SSSR count). The lowest BCUT2D eigenvalue weighted by Crippen LogP contribution is -2.40. The van der Waals surface area contributed by atoms with Crippen LogP contribution in [0.25, 0.3) is 0 Å². The predicted molar refractivity (Wildman–Crippen MR) is 73.9 cm³/mol. The molecule has 0 aliphatic carbocycles. The van der Waals surface area contributed by atoms with Crippen molar-refractivity contribution in [3.8, 4) is 0 Å². The molecule has 0 aromatic heterocycles. The van der Waals surface area contributed by atoms with E-state index in [1.807, 2.05) is 4.90 Å². The van der Waals surface area contributed by atoms with Gasteiger partial charge in [-0.15, -0.1) is 0 Å². The number of hydrogen-bond donors (Lipinski definition) is 3. The van der Waals surface area contributed by atoms with Crippen LogP contribution >= 0.6 is 0 Å². The van der Waals surface area contributed by atoms with Gasteiger partial charge in [0.05, 0.1) is 6.54 Å². The molecule has 2 bridgehead atoms. The number of carboxylic acids is 1. The van der Waals surface area contributed by atoms with Crippen molar-refractivity contribution in [3.63, 3.8) is 0 Å². The van der Waals surface area contributed by atoms with Gasteiger partial charge >= 0.3 is 5.97 Å². The third-order valence-electron chi connectivity index (χ3n) is 3.22. The largest absolute Gasteiger partial charge is 0.480 e. The fourth-order valence-corrected chi connectivity index (χ4v) is 2.25. The van der Waals surface area contributed by atoms with Crippen LogP contribution in [0.3, 0.4) is 0 Å². The maximum Gasteiger partial charge on any atom is 0.317 e. The van der Waals surface area contributed by atoms with E-state index in [1.54, 1.807) is 0 Å². The zero-order valence-corrected chi connectivity index (χ0v) is 11.1. The van der Waals surface area contributed by atoms with Crippen LogP contribution in [0.2, 0.25) is 0 Å². The van der Waals surface area contributed by atoms with E-state index in [9.17, 15) is 4.79 Å². The lowest BCUT2D eigenvalue weighted by molar-refractivity contribution is -0.138. The molecule has 0 amide bonds. The maximum atomic E-state index is 10.8. The maximum absolute atomic E-state index is 10.8. The van der Waals surface area contributed by atoms with Crippen molar-refractivity contribution in [1.82, 2.24) is 15.5 Å². The minimum Gasteiger partial charge on any atom is -0.480 e. The highest BCUT2D eigenvalue weighted by atomic mass is 16.4. The number of rotatable bonds is 2.